The van der Waals surface area contributed by atoms with Crippen molar-refractivity contribution in [2.24, 2.45) is 0 Å². The van der Waals surface area contributed by atoms with E-state index in [1.54, 1.807) is 0 Å². The summed E-state index contributed by atoms with van der Waals surface area (Å²) in [5.74, 6) is 0. The molecule has 1 N–H and O–H groups in total. The van der Waals surface area contributed by atoms with Gasteiger partial charge in [-0.05, 0) is 12.0 Å². The Kier molecular flexibility index (Phi) is 3.53. The number of hydrogen-bond acceptors (Lipinski definition) is 1. The van der Waals surface area contributed by atoms with E-state index in [4.69, 9.17) is 0 Å². The summed E-state index contributed by atoms with van der Waals surface area (Å²) in [6, 6.07) is 0. The van der Waals surface area contributed by atoms with Crippen molar-refractivity contribution in [3.8, 4) is 0 Å². The minimum Gasteiger partial charge on any atom is -0.390 e. The number of rotatable bonds is 4. The Labute approximate surface area is 68.5 Å². The van der Waals surface area contributed by atoms with Crippen LogP contribution in [0.5, 0.6) is 0 Å². The first kappa shape index (κ1) is 8.12. The molecule has 1 heteroatoms. The number of unbranched alkanes of at least 4 members (excludes halogenated alkanes) is 1. The molecule has 0 aromatic rings. The molecule has 0 aromatic heterocycles. The fourth-order valence-electron chi connectivity index (χ4n) is 0.954. The van der Waals surface area contributed by atoms with Crippen LogP contribution in [0.15, 0.2) is 36.1 Å². The normalized spacial score (nSPS) is 14.1. The first-order chi connectivity index (χ1) is 5.43. The molecule has 0 aromatic carbocycles. The molecular formula is C10H15N. The van der Waals surface area contributed by atoms with Gasteiger partial charge in [0.25, 0.3) is 0 Å². The Morgan fingerprint density at radius 2 is 2.09 bits per heavy atom. The Bertz CT molecular complexity index is 173. The highest BCUT2D eigenvalue weighted by Crippen LogP contribution is 2.04. The van der Waals surface area contributed by atoms with Crippen molar-refractivity contribution in [2.75, 3.05) is 6.54 Å². The van der Waals surface area contributed by atoms with Gasteiger partial charge in [-0.25, -0.2) is 0 Å². The summed E-state index contributed by atoms with van der Waals surface area (Å²) < 4.78 is 0. The van der Waals surface area contributed by atoms with E-state index in [0.717, 1.165) is 6.54 Å². The van der Waals surface area contributed by atoms with Crippen LogP contribution in [0, 0.1) is 0 Å². The lowest BCUT2D eigenvalue weighted by atomic mass is 10.3. The van der Waals surface area contributed by atoms with Gasteiger partial charge < -0.3 is 5.32 Å². The third kappa shape index (κ3) is 3.08. The zero-order chi connectivity index (χ0) is 7.94. The van der Waals surface area contributed by atoms with Gasteiger partial charge in [0.15, 0.2) is 0 Å². The van der Waals surface area contributed by atoms with E-state index >= 15 is 0 Å². The largest absolute Gasteiger partial charge is 0.390 e. The summed E-state index contributed by atoms with van der Waals surface area (Å²) in [5.41, 5.74) is 1.26. The maximum Gasteiger partial charge on any atom is 0.0141 e. The van der Waals surface area contributed by atoms with Gasteiger partial charge in [-0.3, -0.25) is 0 Å². The molecule has 0 saturated heterocycles. The summed E-state index contributed by atoms with van der Waals surface area (Å²) in [5, 5.41) is 3.26. The second-order valence-electron chi connectivity index (χ2n) is 2.67. The second kappa shape index (κ2) is 4.78. The van der Waals surface area contributed by atoms with E-state index < -0.39 is 0 Å². The molecule has 0 saturated carbocycles. The molecule has 1 aliphatic carbocycles. The molecule has 0 aliphatic heterocycles. The summed E-state index contributed by atoms with van der Waals surface area (Å²) in [4.78, 5) is 0. The minimum atomic E-state index is 1.08. The van der Waals surface area contributed by atoms with Crippen molar-refractivity contribution >= 4 is 0 Å². The maximum atomic E-state index is 3.26. The van der Waals surface area contributed by atoms with Gasteiger partial charge in [-0.1, -0.05) is 37.6 Å². The third-order valence-corrected chi connectivity index (χ3v) is 1.63. The van der Waals surface area contributed by atoms with Crippen LogP contribution in [0.3, 0.4) is 0 Å². The van der Waals surface area contributed by atoms with E-state index in [1.807, 2.05) is 12.2 Å². The average Bonchev–Trinajstić information content (AvgIpc) is 2.50. The van der Waals surface area contributed by atoms with Crippen LogP contribution >= 0.6 is 0 Å². The monoisotopic (exact) mass is 149 g/mol. The number of hydrogen-bond donors (Lipinski definition) is 1. The summed E-state index contributed by atoms with van der Waals surface area (Å²) >= 11 is 0. The minimum absolute atomic E-state index is 1.08. The Morgan fingerprint density at radius 1 is 1.36 bits per heavy atom. The van der Waals surface area contributed by atoms with Crippen LogP contribution in [0.25, 0.3) is 0 Å². The molecule has 0 amide bonds. The lowest BCUT2D eigenvalue weighted by Gasteiger charge is -1.97. The van der Waals surface area contributed by atoms with Gasteiger partial charge in [-0.2, -0.15) is 0 Å². The fraction of sp³-hybridized carbons (Fsp3) is 0.400. The van der Waals surface area contributed by atoms with Crippen molar-refractivity contribution in [1.29, 1.82) is 0 Å². The average molecular weight is 149 g/mol. The SMILES string of the molecule is CCCCNC=C1C=CC=C1. The van der Waals surface area contributed by atoms with Crippen LogP contribution in [0.4, 0.5) is 0 Å². The van der Waals surface area contributed by atoms with Crippen LogP contribution in [-0.2, 0) is 0 Å². The molecule has 0 radical (unpaired) electrons. The van der Waals surface area contributed by atoms with Crippen LogP contribution in [0.1, 0.15) is 19.8 Å². The van der Waals surface area contributed by atoms with Crippen molar-refractivity contribution < 1.29 is 0 Å². The summed E-state index contributed by atoms with van der Waals surface area (Å²) in [6.07, 6.45) is 12.9. The Morgan fingerprint density at radius 3 is 2.73 bits per heavy atom. The van der Waals surface area contributed by atoms with Gasteiger partial charge in [0, 0.05) is 12.7 Å². The van der Waals surface area contributed by atoms with Crippen LogP contribution in [-0.4, -0.2) is 6.54 Å². The molecule has 1 rings (SSSR count). The molecule has 0 heterocycles. The van der Waals surface area contributed by atoms with Crippen molar-refractivity contribution in [3.05, 3.63) is 36.1 Å². The molecule has 60 valence electrons. The predicted octanol–water partition coefficient (Wildman–Crippen LogP) is 2.39. The highest BCUT2D eigenvalue weighted by atomic mass is 14.8. The topological polar surface area (TPSA) is 12.0 Å². The molecule has 0 fully saturated rings. The molecule has 1 aliphatic rings. The zero-order valence-electron chi connectivity index (χ0n) is 7.01. The van der Waals surface area contributed by atoms with Crippen molar-refractivity contribution in [3.63, 3.8) is 0 Å². The second-order valence-corrected chi connectivity index (χ2v) is 2.67. The predicted molar refractivity (Wildman–Crippen MR) is 49.3 cm³/mol. The molecule has 1 nitrogen and oxygen atoms in total. The molecule has 0 bridgehead atoms. The van der Waals surface area contributed by atoms with Gasteiger partial charge in [0.05, 0.1) is 0 Å². The van der Waals surface area contributed by atoms with Crippen molar-refractivity contribution in [1.82, 2.24) is 5.32 Å². The van der Waals surface area contributed by atoms with Crippen LogP contribution < -0.4 is 5.32 Å². The Hall–Kier alpha value is -0.980. The van der Waals surface area contributed by atoms with E-state index in [1.165, 1.54) is 18.4 Å². The third-order valence-electron chi connectivity index (χ3n) is 1.63. The van der Waals surface area contributed by atoms with Gasteiger partial charge in [0.2, 0.25) is 0 Å². The standard InChI is InChI=1S/C10H15N/c1-2-3-8-11-9-10-6-4-5-7-10/h4-7,9,11H,2-3,8H2,1H3. The van der Waals surface area contributed by atoms with E-state index in [2.05, 4.69) is 30.6 Å². The van der Waals surface area contributed by atoms with Gasteiger partial charge >= 0.3 is 0 Å². The lowest BCUT2D eigenvalue weighted by molar-refractivity contribution is 0.734. The van der Waals surface area contributed by atoms with E-state index in [9.17, 15) is 0 Å². The first-order valence-electron chi connectivity index (χ1n) is 4.22. The van der Waals surface area contributed by atoms with Gasteiger partial charge in [0.1, 0.15) is 0 Å². The molecular weight excluding hydrogens is 134 g/mol. The van der Waals surface area contributed by atoms with Crippen LogP contribution in [0.2, 0.25) is 0 Å². The molecule has 0 spiro atoms. The lowest BCUT2D eigenvalue weighted by Crippen LogP contribution is -2.06. The number of allylic oxidation sites excluding steroid dienone is 5. The molecule has 11 heavy (non-hydrogen) atoms. The smallest absolute Gasteiger partial charge is 0.0141 e. The highest BCUT2D eigenvalue weighted by Gasteiger charge is 1.88. The Balaban J connectivity index is 2.14. The zero-order valence-corrected chi connectivity index (χ0v) is 7.01. The molecule has 0 atom stereocenters. The van der Waals surface area contributed by atoms with Gasteiger partial charge in [-0.15, -0.1) is 0 Å². The number of nitrogens with one attached hydrogen (secondary N) is 1. The van der Waals surface area contributed by atoms with Crippen molar-refractivity contribution in [2.45, 2.75) is 19.8 Å². The maximum absolute atomic E-state index is 3.26. The quantitative estimate of drug-likeness (QED) is 0.605. The summed E-state index contributed by atoms with van der Waals surface area (Å²) in [6.45, 7) is 3.28. The van der Waals surface area contributed by atoms with E-state index in [-0.39, 0.29) is 0 Å². The first-order valence-corrected chi connectivity index (χ1v) is 4.22. The molecule has 0 unspecified atom stereocenters. The highest BCUT2D eigenvalue weighted by molar-refractivity contribution is 5.39. The summed E-state index contributed by atoms with van der Waals surface area (Å²) in [7, 11) is 0. The fourth-order valence-corrected chi connectivity index (χ4v) is 0.954. The van der Waals surface area contributed by atoms with E-state index in [0.29, 0.717) is 0 Å².